The van der Waals surface area contributed by atoms with E-state index < -0.39 is 0 Å². The van der Waals surface area contributed by atoms with Crippen molar-refractivity contribution in [2.75, 3.05) is 0 Å². The lowest BCUT2D eigenvalue weighted by Gasteiger charge is -2.15. The number of hydrogen-bond acceptors (Lipinski definition) is 4. The van der Waals surface area contributed by atoms with Crippen LogP contribution in [0.5, 0.6) is 0 Å². The van der Waals surface area contributed by atoms with Crippen LogP contribution >= 0.6 is 0 Å². The molecule has 0 aliphatic heterocycles. The Labute approximate surface area is 306 Å². The first-order valence-electron chi connectivity index (χ1n) is 17.8. The minimum absolute atomic E-state index is 0.587. The summed E-state index contributed by atoms with van der Waals surface area (Å²) in [4.78, 5) is 15.6. The van der Waals surface area contributed by atoms with Gasteiger partial charge in [-0.15, -0.1) is 0 Å². The average molecular weight is 678 g/mol. The molecular weight excluding hydrogens is 647 g/mol. The van der Waals surface area contributed by atoms with Gasteiger partial charge in [-0.1, -0.05) is 164 Å². The van der Waals surface area contributed by atoms with Gasteiger partial charge in [0.15, 0.2) is 17.5 Å². The van der Waals surface area contributed by atoms with Gasteiger partial charge >= 0.3 is 0 Å². The van der Waals surface area contributed by atoms with E-state index in [0.29, 0.717) is 17.5 Å². The van der Waals surface area contributed by atoms with E-state index in [-0.39, 0.29) is 0 Å². The Kier molecular flexibility index (Phi) is 7.43. The molecule has 0 bridgehead atoms. The SMILES string of the molecule is c1ccc(-c2nc(-c3ccc(-c4cccc5ccccc45)c(-c4ccccc4)c3)nc(-c3ccc(-c4ccccc4)c4oc5ccccc5c34)n2)cc1. The van der Waals surface area contributed by atoms with Gasteiger partial charge in [0.2, 0.25) is 0 Å². The fourth-order valence-corrected chi connectivity index (χ4v) is 7.44. The first-order valence-corrected chi connectivity index (χ1v) is 17.8. The predicted octanol–water partition coefficient (Wildman–Crippen LogP) is 12.9. The molecule has 0 saturated carbocycles. The molecule has 0 aliphatic rings. The topological polar surface area (TPSA) is 51.8 Å². The van der Waals surface area contributed by atoms with Crippen molar-refractivity contribution in [3.05, 3.63) is 188 Å². The van der Waals surface area contributed by atoms with E-state index in [1.165, 1.54) is 16.3 Å². The van der Waals surface area contributed by atoms with Crippen molar-refractivity contribution in [2.24, 2.45) is 0 Å². The van der Waals surface area contributed by atoms with Crippen LogP contribution in [-0.2, 0) is 0 Å². The maximum Gasteiger partial charge on any atom is 0.164 e. The highest BCUT2D eigenvalue weighted by atomic mass is 16.3. The van der Waals surface area contributed by atoms with E-state index in [1.807, 2.05) is 54.6 Å². The summed E-state index contributed by atoms with van der Waals surface area (Å²) in [7, 11) is 0. The fourth-order valence-electron chi connectivity index (χ4n) is 7.44. The normalized spacial score (nSPS) is 11.4. The zero-order chi connectivity index (χ0) is 35.1. The molecule has 0 atom stereocenters. The van der Waals surface area contributed by atoms with Crippen molar-refractivity contribution in [1.82, 2.24) is 15.0 Å². The third-order valence-electron chi connectivity index (χ3n) is 9.96. The monoisotopic (exact) mass is 677 g/mol. The van der Waals surface area contributed by atoms with Gasteiger partial charge in [-0.3, -0.25) is 0 Å². The summed E-state index contributed by atoms with van der Waals surface area (Å²) in [5.41, 5.74) is 11.0. The molecule has 0 aliphatic carbocycles. The van der Waals surface area contributed by atoms with Gasteiger partial charge in [0.05, 0.1) is 0 Å². The van der Waals surface area contributed by atoms with Crippen LogP contribution in [0, 0.1) is 0 Å². The molecule has 0 unspecified atom stereocenters. The predicted molar refractivity (Wildman–Crippen MR) is 217 cm³/mol. The molecule has 0 saturated heterocycles. The Morgan fingerprint density at radius 3 is 1.62 bits per heavy atom. The van der Waals surface area contributed by atoms with Crippen molar-refractivity contribution in [3.8, 4) is 67.5 Å². The Morgan fingerprint density at radius 2 is 0.868 bits per heavy atom. The minimum atomic E-state index is 0.587. The van der Waals surface area contributed by atoms with E-state index in [9.17, 15) is 0 Å². The van der Waals surface area contributed by atoms with E-state index in [2.05, 4.69) is 133 Å². The van der Waals surface area contributed by atoms with Crippen molar-refractivity contribution in [1.29, 1.82) is 0 Å². The molecule has 4 heteroatoms. The smallest absolute Gasteiger partial charge is 0.164 e. The molecule has 0 fully saturated rings. The fraction of sp³-hybridized carbons (Fsp3) is 0. The number of fused-ring (bicyclic) bond motifs is 4. The van der Waals surface area contributed by atoms with Gasteiger partial charge in [-0.25, -0.2) is 15.0 Å². The van der Waals surface area contributed by atoms with Crippen molar-refractivity contribution in [2.45, 2.75) is 0 Å². The van der Waals surface area contributed by atoms with Gasteiger partial charge in [0, 0.05) is 33.0 Å². The molecule has 0 radical (unpaired) electrons. The molecule has 8 aromatic carbocycles. The van der Waals surface area contributed by atoms with Gasteiger partial charge in [0.25, 0.3) is 0 Å². The largest absolute Gasteiger partial charge is 0.455 e. The first kappa shape index (κ1) is 30.6. The number of para-hydroxylation sites is 1. The summed E-state index contributed by atoms with van der Waals surface area (Å²) in [6, 6.07) is 65.1. The van der Waals surface area contributed by atoms with E-state index >= 15 is 0 Å². The second-order valence-electron chi connectivity index (χ2n) is 13.2. The second-order valence-corrected chi connectivity index (χ2v) is 13.2. The first-order chi connectivity index (χ1) is 26.3. The molecule has 0 spiro atoms. The van der Waals surface area contributed by atoms with Crippen LogP contribution in [0.4, 0.5) is 0 Å². The Bertz CT molecular complexity index is 2930. The third kappa shape index (κ3) is 5.45. The Balaban J connectivity index is 1.22. The number of benzene rings is 8. The van der Waals surface area contributed by atoms with Gasteiger partial charge in [0.1, 0.15) is 11.2 Å². The molecule has 248 valence electrons. The van der Waals surface area contributed by atoms with E-state index in [4.69, 9.17) is 19.4 Å². The molecule has 2 heterocycles. The summed E-state index contributed by atoms with van der Waals surface area (Å²) in [6.45, 7) is 0. The summed E-state index contributed by atoms with van der Waals surface area (Å²) in [5, 5.41) is 4.42. The Morgan fingerprint density at radius 1 is 0.321 bits per heavy atom. The Hall–Kier alpha value is -7.17. The van der Waals surface area contributed by atoms with E-state index in [0.717, 1.165) is 66.4 Å². The maximum absolute atomic E-state index is 6.61. The van der Waals surface area contributed by atoms with E-state index in [1.54, 1.807) is 0 Å². The third-order valence-corrected chi connectivity index (χ3v) is 9.96. The number of rotatable bonds is 6. The van der Waals surface area contributed by atoms with Gasteiger partial charge in [-0.2, -0.15) is 0 Å². The summed E-state index contributed by atoms with van der Waals surface area (Å²) in [5.74, 6) is 1.80. The molecule has 0 N–H and O–H groups in total. The summed E-state index contributed by atoms with van der Waals surface area (Å²) >= 11 is 0. The molecular formula is C49H31N3O. The molecule has 0 amide bonds. The number of aromatic nitrogens is 3. The second kappa shape index (κ2) is 12.9. The van der Waals surface area contributed by atoms with Crippen LogP contribution in [0.15, 0.2) is 192 Å². The highest BCUT2D eigenvalue weighted by Crippen LogP contribution is 2.42. The van der Waals surface area contributed by atoms with Crippen LogP contribution in [0.1, 0.15) is 0 Å². The summed E-state index contributed by atoms with van der Waals surface area (Å²) < 4.78 is 6.61. The highest BCUT2D eigenvalue weighted by molar-refractivity contribution is 6.15. The van der Waals surface area contributed by atoms with Gasteiger partial charge < -0.3 is 4.42 Å². The lowest BCUT2D eigenvalue weighted by atomic mass is 9.90. The zero-order valence-corrected chi connectivity index (χ0v) is 28.6. The molecule has 4 nitrogen and oxygen atoms in total. The molecule has 2 aromatic heterocycles. The number of nitrogens with zero attached hydrogens (tertiary/aromatic N) is 3. The van der Waals surface area contributed by atoms with Gasteiger partial charge in [-0.05, 0) is 62.9 Å². The van der Waals surface area contributed by atoms with Crippen molar-refractivity contribution >= 4 is 32.7 Å². The number of hydrogen-bond donors (Lipinski definition) is 0. The molecule has 53 heavy (non-hydrogen) atoms. The van der Waals surface area contributed by atoms with Crippen LogP contribution < -0.4 is 0 Å². The average Bonchev–Trinajstić information content (AvgIpc) is 3.64. The van der Waals surface area contributed by atoms with Crippen LogP contribution in [-0.4, -0.2) is 15.0 Å². The highest BCUT2D eigenvalue weighted by Gasteiger charge is 2.21. The van der Waals surface area contributed by atoms with Crippen molar-refractivity contribution < 1.29 is 4.42 Å². The van der Waals surface area contributed by atoms with Crippen molar-refractivity contribution in [3.63, 3.8) is 0 Å². The lowest BCUT2D eigenvalue weighted by Crippen LogP contribution is -2.01. The van der Waals surface area contributed by atoms with Crippen LogP contribution in [0.25, 0.3) is 100 Å². The quantitative estimate of drug-likeness (QED) is 0.176. The standard InChI is InChI=1S/C49H31N3O/c1-4-15-33(16-5-1)38-29-30-42(45-41-24-12-13-26-44(41)53-46(38)45)49-51-47(35-20-8-3-9-21-35)50-48(52-49)36-27-28-40(43(31-36)34-17-6-2-7-18-34)39-25-14-22-32-19-10-11-23-37(32)39/h1-31H. The number of furan rings is 1. The summed E-state index contributed by atoms with van der Waals surface area (Å²) in [6.07, 6.45) is 0. The molecule has 10 rings (SSSR count). The lowest BCUT2D eigenvalue weighted by molar-refractivity contribution is 0.670. The minimum Gasteiger partial charge on any atom is -0.455 e. The zero-order valence-electron chi connectivity index (χ0n) is 28.6. The molecule has 10 aromatic rings. The van der Waals surface area contributed by atoms with Crippen LogP contribution in [0.2, 0.25) is 0 Å². The van der Waals surface area contributed by atoms with Crippen LogP contribution in [0.3, 0.4) is 0 Å². The maximum atomic E-state index is 6.61.